The number of anilines is 1. The number of amides is 2. The van der Waals surface area contributed by atoms with Gasteiger partial charge >= 0.3 is 0 Å². The van der Waals surface area contributed by atoms with Crippen molar-refractivity contribution < 1.29 is 23.2 Å². The quantitative estimate of drug-likeness (QED) is 0.151. The molecule has 0 heterocycles. The van der Waals surface area contributed by atoms with Gasteiger partial charge in [-0.1, -0.05) is 69.3 Å². The van der Waals surface area contributed by atoms with Crippen LogP contribution in [0.15, 0.2) is 54.6 Å². The van der Waals surface area contributed by atoms with Gasteiger partial charge in [0.2, 0.25) is 21.8 Å². The Bertz CT molecular complexity index is 1140. The normalized spacial score (nSPS) is 14.2. The predicted octanol–water partition coefficient (Wildman–Crippen LogP) is 4.04. The molecule has 0 aliphatic carbocycles. The zero-order chi connectivity index (χ0) is 28.3. The molecule has 0 spiro atoms. The number of nitrogens with zero attached hydrogens (tertiary/aromatic N) is 1. The first kappa shape index (κ1) is 31.3. The number of hydrogen-bond acceptors (Lipinski definition) is 6. The number of hydrogen-bond donors (Lipinski definition) is 4. The predicted molar refractivity (Wildman–Crippen MR) is 149 cm³/mol. The SMILES string of the molecule is CCC(C)N(NC(=O)[C@H](CC(C)C)[C@H](CCCc1ccccc1)C(=O)NO)S(=O)(=O)Cc1ccccc1N. The summed E-state index contributed by atoms with van der Waals surface area (Å²) < 4.78 is 27.9. The van der Waals surface area contributed by atoms with Gasteiger partial charge in [0.15, 0.2) is 0 Å². The largest absolute Gasteiger partial charge is 0.398 e. The number of para-hydroxylation sites is 1. The van der Waals surface area contributed by atoms with E-state index >= 15 is 0 Å². The third kappa shape index (κ3) is 9.11. The van der Waals surface area contributed by atoms with E-state index in [0.717, 1.165) is 9.98 Å². The molecular weight excluding hydrogens is 504 g/mol. The van der Waals surface area contributed by atoms with Gasteiger partial charge in [-0.05, 0) is 62.1 Å². The Balaban J connectivity index is 2.30. The smallest absolute Gasteiger partial charge is 0.247 e. The van der Waals surface area contributed by atoms with E-state index in [4.69, 9.17) is 5.73 Å². The lowest BCUT2D eigenvalue weighted by Crippen LogP contribution is -2.54. The lowest BCUT2D eigenvalue weighted by molar-refractivity contribution is -0.142. The van der Waals surface area contributed by atoms with Crippen molar-refractivity contribution in [2.45, 2.75) is 71.6 Å². The molecule has 2 aromatic rings. The van der Waals surface area contributed by atoms with Crippen LogP contribution in [0.25, 0.3) is 0 Å². The van der Waals surface area contributed by atoms with Crippen molar-refractivity contribution >= 4 is 27.5 Å². The van der Waals surface area contributed by atoms with Gasteiger partial charge in [0, 0.05) is 11.7 Å². The summed E-state index contributed by atoms with van der Waals surface area (Å²) in [5.74, 6) is -3.24. The minimum Gasteiger partial charge on any atom is -0.398 e. The van der Waals surface area contributed by atoms with E-state index in [2.05, 4.69) is 5.43 Å². The number of hydroxylamine groups is 1. The molecule has 0 aliphatic rings. The molecule has 2 amide bonds. The lowest BCUT2D eigenvalue weighted by atomic mass is 9.81. The van der Waals surface area contributed by atoms with Crippen LogP contribution >= 0.6 is 0 Å². The lowest BCUT2D eigenvalue weighted by Gasteiger charge is -2.32. The molecule has 1 unspecified atom stereocenters. The van der Waals surface area contributed by atoms with Crippen molar-refractivity contribution in [3.05, 3.63) is 65.7 Å². The third-order valence-electron chi connectivity index (χ3n) is 6.72. The van der Waals surface area contributed by atoms with Crippen molar-refractivity contribution in [2.24, 2.45) is 17.8 Å². The average molecular weight is 547 g/mol. The standard InChI is InChI=1S/C28H42N4O5S/c1-5-21(4)32(38(36,37)19-23-15-9-10-17-26(23)29)30-27(33)25(18-20(2)3)24(28(34)31-35)16-11-14-22-12-7-6-8-13-22/h6-10,12-13,15,17,20-21,24-25,35H,5,11,14,16,18-19,29H2,1-4H3,(H,30,33)(H,31,34)/t21?,24-,25+/m0/s1. The second-order valence-corrected chi connectivity index (χ2v) is 12.0. The molecule has 0 fully saturated rings. The summed E-state index contributed by atoms with van der Waals surface area (Å²) in [5, 5.41) is 9.46. The maximum atomic E-state index is 13.7. The monoisotopic (exact) mass is 546 g/mol. The Morgan fingerprint density at radius 2 is 1.61 bits per heavy atom. The maximum Gasteiger partial charge on any atom is 0.247 e. The fraction of sp³-hybridized carbons (Fsp3) is 0.500. The van der Waals surface area contributed by atoms with Crippen molar-refractivity contribution in [2.75, 3.05) is 5.73 Å². The Morgan fingerprint density at radius 1 is 0.974 bits per heavy atom. The zero-order valence-electron chi connectivity index (χ0n) is 22.8. The summed E-state index contributed by atoms with van der Waals surface area (Å²) in [6.07, 6.45) is 2.47. The number of rotatable bonds is 15. The van der Waals surface area contributed by atoms with E-state index in [1.165, 1.54) is 0 Å². The van der Waals surface area contributed by atoms with E-state index in [-0.39, 0.29) is 11.7 Å². The van der Waals surface area contributed by atoms with E-state index in [1.54, 1.807) is 36.7 Å². The molecule has 0 aliphatic heterocycles. The van der Waals surface area contributed by atoms with Crippen LogP contribution in [0.4, 0.5) is 5.69 Å². The molecule has 0 saturated heterocycles. The highest BCUT2D eigenvalue weighted by molar-refractivity contribution is 7.88. The van der Waals surface area contributed by atoms with Crippen LogP contribution in [-0.2, 0) is 31.8 Å². The Hall–Kier alpha value is -2.95. The number of nitrogen functional groups attached to an aromatic ring is 1. The molecule has 10 heteroatoms. The average Bonchev–Trinajstić information content (AvgIpc) is 2.89. The number of hydrazine groups is 1. The topological polar surface area (TPSA) is 142 Å². The first-order chi connectivity index (χ1) is 18.0. The number of carbonyl (C=O) groups excluding carboxylic acids is 2. The van der Waals surface area contributed by atoms with Gasteiger partial charge in [0.05, 0.1) is 17.6 Å². The van der Waals surface area contributed by atoms with Crippen LogP contribution in [0.5, 0.6) is 0 Å². The molecule has 38 heavy (non-hydrogen) atoms. The number of carbonyl (C=O) groups is 2. The first-order valence-electron chi connectivity index (χ1n) is 13.1. The fourth-order valence-electron chi connectivity index (χ4n) is 4.47. The molecule has 3 atom stereocenters. The summed E-state index contributed by atoms with van der Waals surface area (Å²) in [4.78, 5) is 26.4. The summed E-state index contributed by atoms with van der Waals surface area (Å²) in [7, 11) is -4.00. The molecule has 0 aromatic heterocycles. The first-order valence-corrected chi connectivity index (χ1v) is 14.7. The molecule has 5 N–H and O–H groups in total. The van der Waals surface area contributed by atoms with E-state index < -0.39 is 39.7 Å². The van der Waals surface area contributed by atoms with E-state index in [0.29, 0.717) is 43.4 Å². The number of nitrogens with two attached hydrogens (primary N) is 1. The van der Waals surface area contributed by atoms with Gasteiger partial charge < -0.3 is 5.73 Å². The summed E-state index contributed by atoms with van der Waals surface area (Å²) in [6, 6.07) is 16.0. The molecule has 210 valence electrons. The van der Waals surface area contributed by atoms with Crippen LogP contribution in [-0.4, -0.2) is 35.9 Å². The Morgan fingerprint density at radius 3 is 2.18 bits per heavy atom. The summed E-state index contributed by atoms with van der Waals surface area (Å²) in [6.45, 7) is 7.40. The highest BCUT2D eigenvalue weighted by atomic mass is 32.2. The molecule has 0 bridgehead atoms. The maximum absolute atomic E-state index is 13.7. The van der Waals surface area contributed by atoms with Gasteiger partial charge in [-0.15, -0.1) is 4.41 Å². The fourth-order valence-corrected chi connectivity index (χ4v) is 6.19. The number of benzene rings is 2. The zero-order valence-corrected chi connectivity index (χ0v) is 23.6. The summed E-state index contributed by atoms with van der Waals surface area (Å²) in [5.41, 5.74) is 12.2. The van der Waals surface area contributed by atoms with Gasteiger partial charge in [-0.3, -0.25) is 20.2 Å². The van der Waals surface area contributed by atoms with Gasteiger partial charge in [-0.25, -0.2) is 13.9 Å². The number of aryl methyl sites for hydroxylation is 1. The second kappa shape index (κ2) is 14.8. The number of nitrogens with one attached hydrogen (secondary N) is 2. The minimum absolute atomic E-state index is 0.0478. The minimum atomic E-state index is -4.00. The summed E-state index contributed by atoms with van der Waals surface area (Å²) >= 11 is 0. The molecule has 2 aromatic carbocycles. The Labute approximate surface area is 226 Å². The van der Waals surface area contributed by atoms with Crippen molar-refractivity contribution in [1.29, 1.82) is 0 Å². The van der Waals surface area contributed by atoms with Gasteiger partial charge in [0.25, 0.3) is 0 Å². The highest BCUT2D eigenvalue weighted by Crippen LogP contribution is 2.27. The second-order valence-electron chi connectivity index (χ2n) is 10.2. The van der Waals surface area contributed by atoms with Gasteiger partial charge in [0.1, 0.15) is 0 Å². The van der Waals surface area contributed by atoms with Gasteiger partial charge in [-0.2, -0.15) is 0 Å². The highest BCUT2D eigenvalue weighted by Gasteiger charge is 2.37. The van der Waals surface area contributed by atoms with Crippen LogP contribution in [0.1, 0.15) is 64.5 Å². The van der Waals surface area contributed by atoms with Crippen molar-refractivity contribution in [1.82, 2.24) is 15.3 Å². The van der Waals surface area contributed by atoms with E-state index in [1.807, 2.05) is 51.1 Å². The van der Waals surface area contributed by atoms with Crippen LogP contribution in [0, 0.1) is 17.8 Å². The third-order valence-corrected chi connectivity index (χ3v) is 8.45. The van der Waals surface area contributed by atoms with Crippen LogP contribution in [0.3, 0.4) is 0 Å². The molecule has 0 radical (unpaired) electrons. The molecule has 9 nitrogen and oxygen atoms in total. The van der Waals surface area contributed by atoms with Crippen LogP contribution in [0.2, 0.25) is 0 Å². The molecular formula is C28H42N4O5S. The van der Waals surface area contributed by atoms with Crippen LogP contribution < -0.4 is 16.6 Å². The molecule has 0 saturated carbocycles. The van der Waals surface area contributed by atoms with Crippen molar-refractivity contribution in [3.8, 4) is 0 Å². The number of sulfonamides is 1. The Kier molecular flexibility index (Phi) is 12.2. The van der Waals surface area contributed by atoms with E-state index in [9.17, 15) is 23.2 Å². The van der Waals surface area contributed by atoms with Crippen molar-refractivity contribution in [3.63, 3.8) is 0 Å². The molecule has 2 rings (SSSR count).